The minimum atomic E-state index is -0.587. The van der Waals surface area contributed by atoms with Gasteiger partial charge in [0.1, 0.15) is 11.9 Å². The summed E-state index contributed by atoms with van der Waals surface area (Å²) in [6.45, 7) is 1.39. The van der Waals surface area contributed by atoms with Gasteiger partial charge in [-0.25, -0.2) is 4.39 Å². The molecule has 0 radical (unpaired) electrons. The SMILES string of the molecule is CNC(=O)C1CNCCN1C(=O)c1cc(F)ccc1Br. The van der Waals surface area contributed by atoms with Gasteiger partial charge in [-0.05, 0) is 34.1 Å². The Kier molecular flexibility index (Phi) is 4.72. The number of carbonyl (C=O) groups is 2. The molecule has 0 aromatic heterocycles. The maximum Gasteiger partial charge on any atom is 0.255 e. The van der Waals surface area contributed by atoms with Gasteiger partial charge in [-0.1, -0.05) is 0 Å². The van der Waals surface area contributed by atoms with Crippen molar-refractivity contribution in [1.29, 1.82) is 0 Å². The summed E-state index contributed by atoms with van der Waals surface area (Å²) in [5.74, 6) is -1.08. The molecule has 108 valence electrons. The van der Waals surface area contributed by atoms with E-state index in [4.69, 9.17) is 0 Å². The van der Waals surface area contributed by atoms with Crippen LogP contribution in [0.5, 0.6) is 0 Å². The number of hydrogen-bond donors (Lipinski definition) is 2. The highest BCUT2D eigenvalue weighted by Crippen LogP contribution is 2.21. The fraction of sp³-hybridized carbons (Fsp3) is 0.385. The van der Waals surface area contributed by atoms with E-state index in [9.17, 15) is 14.0 Å². The van der Waals surface area contributed by atoms with Gasteiger partial charge in [0, 0.05) is 31.2 Å². The molecule has 1 aliphatic heterocycles. The van der Waals surface area contributed by atoms with Gasteiger partial charge in [0.2, 0.25) is 5.91 Å². The van der Waals surface area contributed by atoms with Gasteiger partial charge >= 0.3 is 0 Å². The number of amides is 2. The third kappa shape index (κ3) is 2.99. The average Bonchev–Trinajstić information content (AvgIpc) is 2.48. The van der Waals surface area contributed by atoms with Crippen molar-refractivity contribution in [2.75, 3.05) is 26.7 Å². The van der Waals surface area contributed by atoms with E-state index in [0.29, 0.717) is 24.1 Å². The van der Waals surface area contributed by atoms with E-state index in [1.807, 2.05) is 0 Å². The number of likely N-dealkylation sites (N-methyl/N-ethyl adjacent to an activating group) is 1. The van der Waals surface area contributed by atoms with Gasteiger partial charge in [-0.2, -0.15) is 0 Å². The van der Waals surface area contributed by atoms with Crippen molar-refractivity contribution in [2.24, 2.45) is 0 Å². The second-order valence-electron chi connectivity index (χ2n) is 4.46. The van der Waals surface area contributed by atoms with Crippen LogP contribution in [0.15, 0.2) is 22.7 Å². The third-order valence-electron chi connectivity index (χ3n) is 3.21. The highest BCUT2D eigenvalue weighted by Gasteiger charge is 2.32. The molecule has 1 atom stereocenters. The Bertz CT molecular complexity index is 538. The van der Waals surface area contributed by atoms with Crippen LogP contribution in [0.1, 0.15) is 10.4 Å². The molecule has 1 aliphatic rings. The predicted molar refractivity (Wildman–Crippen MR) is 75.9 cm³/mol. The molecule has 1 aromatic rings. The van der Waals surface area contributed by atoms with E-state index in [0.717, 1.165) is 0 Å². The summed E-state index contributed by atoms with van der Waals surface area (Å²) in [6.07, 6.45) is 0. The van der Waals surface area contributed by atoms with Gasteiger partial charge in [-0.3, -0.25) is 9.59 Å². The van der Waals surface area contributed by atoms with Crippen LogP contribution in [0.25, 0.3) is 0 Å². The minimum Gasteiger partial charge on any atom is -0.357 e. The smallest absolute Gasteiger partial charge is 0.255 e. The first kappa shape index (κ1) is 14.9. The fourth-order valence-electron chi connectivity index (χ4n) is 2.16. The Morgan fingerprint density at radius 2 is 2.25 bits per heavy atom. The summed E-state index contributed by atoms with van der Waals surface area (Å²) in [7, 11) is 1.53. The molecule has 2 N–H and O–H groups in total. The lowest BCUT2D eigenvalue weighted by Gasteiger charge is -2.35. The van der Waals surface area contributed by atoms with Crippen LogP contribution in [0, 0.1) is 5.82 Å². The number of hydrogen-bond acceptors (Lipinski definition) is 3. The maximum atomic E-state index is 13.3. The molecule has 1 aromatic carbocycles. The summed E-state index contributed by atoms with van der Waals surface area (Å²) in [5.41, 5.74) is 0.223. The molecule has 2 amide bonds. The van der Waals surface area contributed by atoms with Crippen LogP contribution in [0.2, 0.25) is 0 Å². The summed E-state index contributed by atoms with van der Waals surface area (Å²) < 4.78 is 13.8. The number of carbonyl (C=O) groups excluding carboxylic acids is 2. The molecule has 1 unspecified atom stereocenters. The van der Waals surface area contributed by atoms with Crippen LogP contribution in [-0.4, -0.2) is 49.4 Å². The molecule has 7 heteroatoms. The van der Waals surface area contributed by atoms with Crippen LogP contribution in [0.4, 0.5) is 4.39 Å². The van der Waals surface area contributed by atoms with Crippen molar-refractivity contribution in [2.45, 2.75) is 6.04 Å². The van der Waals surface area contributed by atoms with Gasteiger partial charge in [0.05, 0.1) is 5.56 Å². The number of benzene rings is 1. The summed E-state index contributed by atoms with van der Waals surface area (Å²) in [5, 5.41) is 5.61. The van der Waals surface area contributed by atoms with Crippen molar-refractivity contribution in [1.82, 2.24) is 15.5 Å². The van der Waals surface area contributed by atoms with E-state index in [1.54, 1.807) is 0 Å². The monoisotopic (exact) mass is 343 g/mol. The summed E-state index contributed by atoms with van der Waals surface area (Å²) in [4.78, 5) is 25.8. The average molecular weight is 344 g/mol. The lowest BCUT2D eigenvalue weighted by molar-refractivity contribution is -0.125. The molecule has 0 aliphatic carbocycles. The summed E-state index contributed by atoms with van der Waals surface area (Å²) >= 11 is 3.24. The minimum absolute atomic E-state index is 0.223. The molecule has 0 spiro atoms. The lowest BCUT2D eigenvalue weighted by Crippen LogP contribution is -2.59. The molecule has 1 saturated heterocycles. The molecular weight excluding hydrogens is 329 g/mol. The zero-order valence-corrected chi connectivity index (χ0v) is 12.5. The van der Waals surface area contributed by atoms with Crippen LogP contribution in [-0.2, 0) is 4.79 Å². The Balaban J connectivity index is 2.30. The van der Waals surface area contributed by atoms with Crippen molar-refractivity contribution in [3.8, 4) is 0 Å². The molecule has 0 saturated carbocycles. The molecule has 1 fully saturated rings. The van der Waals surface area contributed by atoms with Crippen LogP contribution >= 0.6 is 15.9 Å². The van der Waals surface area contributed by atoms with Gasteiger partial charge < -0.3 is 15.5 Å². The Morgan fingerprint density at radius 3 is 2.95 bits per heavy atom. The molecule has 20 heavy (non-hydrogen) atoms. The Hall–Kier alpha value is -1.47. The maximum absolute atomic E-state index is 13.3. The van der Waals surface area contributed by atoms with Crippen LogP contribution < -0.4 is 10.6 Å². The van der Waals surface area contributed by atoms with Gasteiger partial charge in [0.15, 0.2) is 0 Å². The van der Waals surface area contributed by atoms with E-state index in [1.165, 1.54) is 30.1 Å². The number of piperazine rings is 1. The van der Waals surface area contributed by atoms with E-state index in [-0.39, 0.29) is 17.4 Å². The lowest BCUT2D eigenvalue weighted by atomic mass is 10.1. The second-order valence-corrected chi connectivity index (χ2v) is 5.31. The van der Waals surface area contributed by atoms with E-state index < -0.39 is 11.9 Å². The predicted octanol–water partition coefficient (Wildman–Crippen LogP) is 0.748. The van der Waals surface area contributed by atoms with Crippen molar-refractivity contribution < 1.29 is 14.0 Å². The number of nitrogens with one attached hydrogen (secondary N) is 2. The molecule has 2 rings (SSSR count). The zero-order chi connectivity index (χ0) is 14.7. The first-order chi connectivity index (χ1) is 9.54. The van der Waals surface area contributed by atoms with Gasteiger partial charge in [0.25, 0.3) is 5.91 Å². The quantitative estimate of drug-likeness (QED) is 0.832. The number of nitrogens with zero attached hydrogens (tertiary/aromatic N) is 1. The Morgan fingerprint density at radius 1 is 1.50 bits per heavy atom. The topological polar surface area (TPSA) is 61.4 Å². The van der Waals surface area contributed by atoms with E-state index >= 15 is 0 Å². The third-order valence-corrected chi connectivity index (χ3v) is 3.90. The largest absolute Gasteiger partial charge is 0.357 e. The highest BCUT2D eigenvalue weighted by molar-refractivity contribution is 9.10. The number of rotatable bonds is 2. The first-order valence-electron chi connectivity index (χ1n) is 6.23. The normalized spacial score (nSPS) is 18.8. The van der Waals surface area contributed by atoms with Crippen molar-refractivity contribution in [3.63, 3.8) is 0 Å². The van der Waals surface area contributed by atoms with Crippen molar-refractivity contribution >= 4 is 27.7 Å². The molecule has 1 heterocycles. The first-order valence-corrected chi connectivity index (χ1v) is 7.02. The van der Waals surface area contributed by atoms with Crippen molar-refractivity contribution in [3.05, 3.63) is 34.1 Å². The molecule has 0 bridgehead atoms. The fourth-order valence-corrected chi connectivity index (χ4v) is 2.58. The standard InChI is InChI=1S/C13H15BrFN3O2/c1-16-12(19)11-7-17-4-5-18(11)13(20)9-6-8(15)2-3-10(9)14/h2-3,6,11,17H,4-5,7H2,1H3,(H,16,19). The summed E-state index contributed by atoms with van der Waals surface area (Å²) in [6, 6.07) is 3.35. The Labute approximate surface area is 124 Å². The second kappa shape index (κ2) is 6.32. The zero-order valence-electron chi connectivity index (χ0n) is 11.0. The van der Waals surface area contributed by atoms with E-state index in [2.05, 4.69) is 26.6 Å². The highest BCUT2D eigenvalue weighted by atomic mass is 79.9. The van der Waals surface area contributed by atoms with Gasteiger partial charge in [-0.15, -0.1) is 0 Å². The number of halogens is 2. The molecular formula is C13H15BrFN3O2. The molecule has 5 nitrogen and oxygen atoms in total. The van der Waals surface area contributed by atoms with Crippen LogP contribution in [0.3, 0.4) is 0 Å².